The Bertz CT molecular complexity index is 1730. The van der Waals surface area contributed by atoms with Crippen molar-refractivity contribution in [3.63, 3.8) is 0 Å². The molecule has 39 heavy (non-hydrogen) atoms. The summed E-state index contributed by atoms with van der Waals surface area (Å²) in [5, 5.41) is 5.08. The molecule has 0 saturated heterocycles. The van der Waals surface area contributed by atoms with Gasteiger partial charge in [-0.15, -0.1) is 0 Å². The molecule has 7 heteroatoms. The molecule has 0 saturated carbocycles. The van der Waals surface area contributed by atoms with Gasteiger partial charge in [-0.1, -0.05) is 60.5 Å². The third kappa shape index (κ3) is 4.62. The molecule has 0 amide bonds. The Labute approximate surface area is 228 Å². The van der Waals surface area contributed by atoms with Crippen LogP contribution >= 0.6 is 0 Å². The van der Waals surface area contributed by atoms with Crippen LogP contribution < -0.4 is 15.8 Å². The maximum Gasteiger partial charge on any atom is 0.187 e. The molecule has 2 aromatic rings. The normalized spacial score (nSPS) is 22.1. The van der Waals surface area contributed by atoms with Crippen LogP contribution in [0, 0.1) is 5.82 Å². The number of carbonyl (C=O) groups excluding carboxylic acids is 1. The Morgan fingerprint density at radius 1 is 1.13 bits per heavy atom. The summed E-state index contributed by atoms with van der Waals surface area (Å²) in [6, 6.07) is 10.6. The molecule has 1 N–H and O–H groups in total. The standard InChI is InChI=1S/C32H27FN2O3S/c1-19-3-4-21(13-16-39(37)38)23-10-12-26-31-24(20-5-7-22(33)8-6-20)9-11-25(28-18-34-14-2-15-35-28)27(31)17-29(36)32(26)30(19)23/h2-8,10-12,14-15,17-19,24,35H,9,13,16H2,1H3,(H,37,38)/p-1/t19-,24-/m1/s1. The van der Waals surface area contributed by atoms with Crippen LogP contribution in [0.25, 0.3) is 11.1 Å². The van der Waals surface area contributed by atoms with Crippen LogP contribution in [0.3, 0.4) is 0 Å². The van der Waals surface area contributed by atoms with E-state index >= 15 is 0 Å². The number of rotatable bonds is 5. The number of fused-ring (bicyclic) bond motifs is 4. The summed E-state index contributed by atoms with van der Waals surface area (Å²) in [5.74, 6) is -0.422. The highest BCUT2D eigenvalue weighted by Crippen LogP contribution is 2.44. The molecule has 4 aliphatic rings. The van der Waals surface area contributed by atoms with Crippen molar-refractivity contribution < 1.29 is 17.9 Å². The first-order valence-electron chi connectivity index (χ1n) is 12.9. The van der Waals surface area contributed by atoms with Crippen molar-refractivity contribution >= 4 is 34.2 Å². The van der Waals surface area contributed by atoms with Gasteiger partial charge in [-0.2, -0.15) is 0 Å². The van der Waals surface area contributed by atoms with E-state index in [0.29, 0.717) is 18.4 Å². The molecule has 0 fully saturated rings. The maximum absolute atomic E-state index is 13.9. The van der Waals surface area contributed by atoms with Crippen molar-refractivity contribution in [2.45, 2.75) is 31.6 Å². The molecule has 196 valence electrons. The number of carbonyl (C=O) groups is 1. The molecular formula is C32H26FN2O3S-. The third-order valence-electron chi connectivity index (χ3n) is 7.74. The lowest BCUT2D eigenvalue weighted by molar-refractivity contribution is 0.104. The van der Waals surface area contributed by atoms with Gasteiger partial charge >= 0.3 is 0 Å². The first kappa shape index (κ1) is 25.3. The molecule has 3 aliphatic carbocycles. The van der Waals surface area contributed by atoms with Crippen molar-refractivity contribution in [2.24, 2.45) is 4.99 Å². The van der Waals surface area contributed by atoms with Gasteiger partial charge in [-0.05, 0) is 75.4 Å². The molecule has 5 nitrogen and oxygen atoms in total. The number of halogens is 1. The van der Waals surface area contributed by atoms with Crippen molar-refractivity contribution in [3.8, 4) is 0 Å². The molecule has 0 spiro atoms. The van der Waals surface area contributed by atoms with Gasteiger partial charge in [0.25, 0.3) is 0 Å². The first-order valence-corrected chi connectivity index (χ1v) is 14.2. The minimum Gasteiger partial charge on any atom is -0.772 e. The van der Waals surface area contributed by atoms with Crippen LogP contribution in [0.5, 0.6) is 0 Å². The van der Waals surface area contributed by atoms with Crippen LogP contribution in [0.1, 0.15) is 53.1 Å². The number of ketones is 1. The van der Waals surface area contributed by atoms with Gasteiger partial charge in [0, 0.05) is 41.1 Å². The zero-order valence-electron chi connectivity index (χ0n) is 21.3. The van der Waals surface area contributed by atoms with Crippen molar-refractivity contribution in [1.29, 1.82) is 0 Å². The lowest BCUT2D eigenvalue weighted by Crippen LogP contribution is -2.34. The average molecular weight is 538 g/mol. The number of nitrogens with zero attached hydrogens (tertiary/aromatic N) is 1. The van der Waals surface area contributed by atoms with E-state index in [1.807, 2.05) is 48.7 Å². The van der Waals surface area contributed by atoms with Crippen molar-refractivity contribution in [3.05, 3.63) is 129 Å². The summed E-state index contributed by atoms with van der Waals surface area (Å²) in [4.78, 5) is 18.3. The van der Waals surface area contributed by atoms with Gasteiger partial charge in [-0.25, -0.2) is 4.39 Å². The maximum atomic E-state index is 13.9. The predicted octanol–water partition coefficient (Wildman–Crippen LogP) is 4.34. The smallest absolute Gasteiger partial charge is 0.187 e. The van der Waals surface area contributed by atoms with Gasteiger partial charge < -0.3 is 9.87 Å². The number of benzene rings is 2. The third-order valence-corrected chi connectivity index (χ3v) is 8.28. The van der Waals surface area contributed by atoms with Crippen LogP contribution in [0.2, 0.25) is 0 Å². The zero-order valence-corrected chi connectivity index (χ0v) is 22.1. The lowest BCUT2D eigenvalue weighted by Gasteiger charge is -2.33. The van der Waals surface area contributed by atoms with E-state index in [0.717, 1.165) is 49.6 Å². The summed E-state index contributed by atoms with van der Waals surface area (Å²) < 4.78 is 36.4. The Kier molecular flexibility index (Phi) is 6.71. The predicted molar refractivity (Wildman–Crippen MR) is 152 cm³/mol. The van der Waals surface area contributed by atoms with Gasteiger partial charge in [0.15, 0.2) is 5.78 Å². The van der Waals surface area contributed by atoms with E-state index in [1.54, 1.807) is 18.5 Å². The second-order valence-corrected chi connectivity index (χ2v) is 11.0. The van der Waals surface area contributed by atoms with E-state index in [1.165, 1.54) is 12.1 Å². The van der Waals surface area contributed by atoms with E-state index < -0.39 is 11.1 Å². The summed E-state index contributed by atoms with van der Waals surface area (Å²) in [5.41, 5.74) is 7.06. The highest BCUT2D eigenvalue weighted by molar-refractivity contribution is 7.79. The molecule has 6 rings (SSSR count). The van der Waals surface area contributed by atoms with Crippen LogP contribution in [0.4, 0.5) is 4.39 Å². The molecule has 0 radical (unpaired) electrons. The average Bonchev–Trinajstić information content (AvgIpc) is 3.22. The Hall–Kier alpha value is -3.94. The Balaban J connectivity index is 1.62. The van der Waals surface area contributed by atoms with Crippen LogP contribution in [-0.2, 0) is 11.1 Å². The molecular weight excluding hydrogens is 511 g/mol. The SMILES string of the molecule is C[C@@H]1C=CC(CCS(=O)[O-])=c2ccc3c(c21)C(=O)C=C1C(C2=CN=CC=CN2)=CC[C@H](c2ccc(F)cc2)C=31. The quantitative estimate of drug-likeness (QED) is 0.576. The summed E-state index contributed by atoms with van der Waals surface area (Å²) in [6.45, 7) is 2.06. The number of allylic oxidation sites excluding steroid dienone is 6. The number of hydrogen-bond acceptors (Lipinski definition) is 5. The molecule has 2 aromatic carbocycles. The number of nitrogens with one attached hydrogen (secondary N) is 1. The van der Waals surface area contributed by atoms with E-state index in [4.69, 9.17) is 0 Å². The van der Waals surface area contributed by atoms with Gasteiger partial charge in [0.1, 0.15) is 5.82 Å². The Morgan fingerprint density at radius 2 is 1.92 bits per heavy atom. The van der Waals surface area contributed by atoms with E-state index in [2.05, 4.69) is 23.3 Å². The fraction of sp³-hybridized carbons (Fsp3) is 0.188. The number of hydrogen-bond donors (Lipinski definition) is 1. The van der Waals surface area contributed by atoms with Crippen molar-refractivity contribution in [1.82, 2.24) is 5.32 Å². The molecule has 1 unspecified atom stereocenters. The first-order chi connectivity index (χ1) is 18.9. The zero-order chi connectivity index (χ0) is 27.1. The number of aliphatic imine (C=N–C) groups is 1. The summed E-state index contributed by atoms with van der Waals surface area (Å²) >= 11 is -2.15. The summed E-state index contributed by atoms with van der Waals surface area (Å²) in [7, 11) is 0. The lowest BCUT2D eigenvalue weighted by atomic mass is 9.71. The summed E-state index contributed by atoms with van der Waals surface area (Å²) in [6.07, 6.45) is 16.0. The van der Waals surface area contributed by atoms with E-state index in [-0.39, 0.29) is 29.2 Å². The molecule has 0 bridgehead atoms. The monoisotopic (exact) mass is 537 g/mol. The van der Waals surface area contributed by atoms with Gasteiger partial charge in [-0.3, -0.25) is 14.0 Å². The fourth-order valence-electron chi connectivity index (χ4n) is 5.99. The second kappa shape index (κ2) is 10.3. The van der Waals surface area contributed by atoms with Crippen LogP contribution in [-0.4, -0.2) is 26.5 Å². The molecule has 1 aliphatic heterocycles. The fourth-order valence-corrected chi connectivity index (χ4v) is 6.38. The Morgan fingerprint density at radius 3 is 2.72 bits per heavy atom. The minimum atomic E-state index is -2.15. The van der Waals surface area contributed by atoms with Crippen LogP contribution in [0.15, 0.2) is 101 Å². The molecule has 3 atom stereocenters. The highest BCUT2D eigenvalue weighted by atomic mass is 32.2. The topological polar surface area (TPSA) is 81.6 Å². The highest BCUT2D eigenvalue weighted by Gasteiger charge is 2.34. The molecule has 0 aromatic heterocycles. The largest absolute Gasteiger partial charge is 0.772 e. The molecule has 1 heterocycles. The van der Waals surface area contributed by atoms with Gasteiger partial charge in [0.2, 0.25) is 0 Å². The van der Waals surface area contributed by atoms with Gasteiger partial charge in [0.05, 0.1) is 11.9 Å². The van der Waals surface area contributed by atoms with Crippen molar-refractivity contribution in [2.75, 3.05) is 5.75 Å². The second-order valence-electron chi connectivity index (χ2n) is 10.0. The van der Waals surface area contributed by atoms with E-state index in [9.17, 15) is 17.9 Å². The minimum absolute atomic E-state index is 0.00969.